The second-order valence-corrected chi connectivity index (χ2v) is 9.60. The molecule has 36 heavy (non-hydrogen) atoms. The number of anilines is 1. The van der Waals surface area contributed by atoms with Gasteiger partial charge in [-0.25, -0.2) is 18.6 Å². The molecule has 2 aliphatic rings. The molecule has 2 fully saturated rings. The first-order valence-corrected chi connectivity index (χ1v) is 12.0. The second-order valence-electron chi connectivity index (χ2n) is 9.60. The van der Waals surface area contributed by atoms with Gasteiger partial charge in [0.05, 0.1) is 29.1 Å². The first kappa shape index (κ1) is 24.2. The smallest absolute Gasteiger partial charge is 0.322 e. The van der Waals surface area contributed by atoms with Gasteiger partial charge in [-0.1, -0.05) is 12.1 Å². The molecule has 11 heteroatoms. The van der Waals surface area contributed by atoms with Crippen LogP contribution in [0.4, 0.5) is 18.9 Å². The van der Waals surface area contributed by atoms with Crippen molar-refractivity contribution in [2.45, 2.75) is 50.6 Å². The van der Waals surface area contributed by atoms with Gasteiger partial charge in [0.25, 0.3) is 5.56 Å². The Morgan fingerprint density at radius 3 is 2.69 bits per heavy atom. The van der Waals surface area contributed by atoms with Crippen LogP contribution < -0.4 is 16.6 Å². The number of aromatic amines is 1. The van der Waals surface area contributed by atoms with E-state index in [1.54, 1.807) is 24.3 Å². The third-order valence-electron chi connectivity index (χ3n) is 7.19. The third kappa shape index (κ3) is 4.92. The van der Waals surface area contributed by atoms with Crippen molar-refractivity contribution in [3.05, 3.63) is 68.9 Å². The van der Waals surface area contributed by atoms with E-state index in [-0.39, 0.29) is 42.9 Å². The Hall–Kier alpha value is -3.47. The number of H-pyrrole nitrogens is 1. The van der Waals surface area contributed by atoms with Gasteiger partial charge in [-0.15, -0.1) is 0 Å². The molecule has 1 atom stereocenters. The van der Waals surface area contributed by atoms with Gasteiger partial charge in [-0.2, -0.15) is 4.39 Å². The highest BCUT2D eigenvalue weighted by Crippen LogP contribution is 2.36. The lowest BCUT2D eigenvalue weighted by Gasteiger charge is -2.34. The van der Waals surface area contributed by atoms with Crippen LogP contribution in [0.15, 0.2) is 46.1 Å². The van der Waals surface area contributed by atoms with Crippen LogP contribution in [0, 0.1) is 11.9 Å². The molecule has 0 radical (unpaired) electrons. The summed E-state index contributed by atoms with van der Waals surface area (Å²) in [6, 6.07) is 8.09. The zero-order valence-electron chi connectivity index (χ0n) is 19.5. The maximum absolute atomic E-state index is 14.5. The average molecular weight is 502 g/mol. The number of hydrogen-bond acceptors (Lipinski definition) is 5. The van der Waals surface area contributed by atoms with Crippen molar-refractivity contribution >= 4 is 22.5 Å². The molecule has 190 valence electrons. The summed E-state index contributed by atoms with van der Waals surface area (Å²) in [5.74, 6) is -4.20. The van der Waals surface area contributed by atoms with Gasteiger partial charge in [-0.05, 0) is 49.6 Å². The molecule has 0 unspecified atom stereocenters. The zero-order chi connectivity index (χ0) is 25.4. The summed E-state index contributed by atoms with van der Waals surface area (Å²) in [6.45, 7) is 1.09. The molecule has 2 aromatic heterocycles. The molecule has 1 aliphatic heterocycles. The van der Waals surface area contributed by atoms with E-state index in [0.717, 1.165) is 0 Å². The Bertz CT molecular complexity index is 1410. The number of aromatic nitrogens is 3. The van der Waals surface area contributed by atoms with Gasteiger partial charge in [0, 0.05) is 31.6 Å². The molecular formula is C25H26F3N5O3. The van der Waals surface area contributed by atoms with Gasteiger partial charge >= 0.3 is 5.69 Å². The number of benzene rings is 1. The summed E-state index contributed by atoms with van der Waals surface area (Å²) in [5, 5.41) is 2.95. The minimum atomic E-state index is -2.60. The van der Waals surface area contributed by atoms with Crippen molar-refractivity contribution in [2.75, 3.05) is 18.4 Å². The minimum Gasteiger partial charge on any atom is -0.322 e. The number of nitrogens with zero attached hydrogens (tertiary/aromatic N) is 3. The van der Waals surface area contributed by atoms with Crippen molar-refractivity contribution in [1.82, 2.24) is 19.4 Å². The summed E-state index contributed by atoms with van der Waals surface area (Å²) in [4.78, 5) is 45.5. The predicted octanol–water partition coefficient (Wildman–Crippen LogP) is 3.11. The van der Waals surface area contributed by atoms with Crippen molar-refractivity contribution in [3.8, 4) is 0 Å². The second kappa shape index (κ2) is 9.53. The molecule has 3 heterocycles. The average Bonchev–Trinajstić information content (AvgIpc) is 3.34. The highest BCUT2D eigenvalue weighted by atomic mass is 19.3. The third-order valence-corrected chi connectivity index (χ3v) is 7.19. The lowest BCUT2D eigenvalue weighted by molar-refractivity contribution is -0.119. The molecule has 1 aromatic carbocycles. The van der Waals surface area contributed by atoms with E-state index in [9.17, 15) is 27.6 Å². The molecule has 1 saturated carbocycles. The number of para-hydroxylation sites is 1. The van der Waals surface area contributed by atoms with Crippen molar-refractivity contribution in [1.29, 1.82) is 0 Å². The molecule has 5 rings (SSSR count). The number of carbonyl (C=O) groups is 1. The SMILES string of the molecule is O=C(Nc1cc(Cn2c(=O)[nH]c(=O)c3ccccc32)cnc1F)[C@H]1CCN(C2CCC(F)(F)CC2)C1. The molecule has 1 saturated heterocycles. The fourth-order valence-corrected chi connectivity index (χ4v) is 5.21. The van der Waals surface area contributed by atoms with Gasteiger partial charge in [0.2, 0.25) is 17.8 Å². The Morgan fingerprint density at radius 1 is 1.17 bits per heavy atom. The summed E-state index contributed by atoms with van der Waals surface area (Å²) in [6.07, 6.45) is 2.37. The van der Waals surface area contributed by atoms with E-state index >= 15 is 0 Å². The van der Waals surface area contributed by atoms with Crippen LogP contribution in [0.2, 0.25) is 0 Å². The summed E-state index contributed by atoms with van der Waals surface area (Å²) in [7, 11) is 0. The topological polar surface area (TPSA) is 100 Å². The number of amides is 1. The Balaban J connectivity index is 1.29. The van der Waals surface area contributed by atoms with Crippen molar-refractivity contribution in [3.63, 3.8) is 0 Å². The molecule has 8 nitrogen and oxygen atoms in total. The monoisotopic (exact) mass is 501 g/mol. The van der Waals surface area contributed by atoms with Crippen LogP contribution in [-0.4, -0.2) is 50.4 Å². The molecule has 2 N–H and O–H groups in total. The highest BCUT2D eigenvalue weighted by Gasteiger charge is 2.39. The van der Waals surface area contributed by atoms with E-state index in [1.165, 1.54) is 16.8 Å². The number of nitrogens with one attached hydrogen (secondary N) is 2. The predicted molar refractivity (Wildman–Crippen MR) is 128 cm³/mol. The van der Waals surface area contributed by atoms with Gasteiger partial charge in [0.15, 0.2) is 0 Å². The van der Waals surface area contributed by atoms with E-state index < -0.39 is 23.1 Å². The summed E-state index contributed by atoms with van der Waals surface area (Å²) in [5.41, 5.74) is -0.324. The Kier molecular flexibility index (Phi) is 6.42. The van der Waals surface area contributed by atoms with Crippen LogP contribution in [0.3, 0.4) is 0 Å². The summed E-state index contributed by atoms with van der Waals surface area (Å²) < 4.78 is 42.8. The van der Waals surface area contributed by atoms with E-state index in [4.69, 9.17) is 0 Å². The fourth-order valence-electron chi connectivity index (χ4n) is 5.21. The number of hydrogen-bond donors (Lipinski definition) is 2. The maximum atomic E-state index is 14.5. The lowest BCUT2D eigenvalue weighted by atomic mass is 9.91. The zero-order valence-corrected chi connectivity index (χ0v) is 19.5. The standard InChI is InChI=1S/C25H26F3N5O3/c26-21-19(30-22(34)16-7-10-32(14-16)17-5-8-25(27,28)9-6-17)11-15(12-29-21)13-33-20-4-2-1-3-18(20)23(35)31-24(33)36/h1-4,11-12,16-17H,5-10,13-14H2,(H,30,34)(H,31,35,36)/t16-/m0/s1. The first-order chi connectivity index (χ1) is 17.2. The number of pyridine rings is 1. The van der Waals surface area contributed by atoms with Gasteiger partial charge in [-0.3, -0.25) is 24.0 Å². The Morgan fingerprint density at radius 2 is 1.92 bits per heavy atom. The lowest BCUT2D eigenvalue weighted by Crippen LogP contribution is -2.40. The molecule has 0 bridgehead atoms. The normalized spacial score (nSPS) is 20.6. The number of fused-ring (bicyclic) bond motifs is 1. The Labute approximate surface area is 204 Å². The van der Waals surface area contributed by atoms with Gasteiger partial charge in [0.1, 0.15) is 0 Å². The van der Waals surface area contributed by atoms with E-state index in [1.807, 2.05) is 0 Å². The largest absolute Gasteiger partial charge is 0.329 e. The number of likely N-dealkylation sites (tertiary alicyclic amines) is 1. The van der Waals surface area contributed by atoms with Crippen LogP contribution in [0.5, 0.6) is 0 Å². The highest BCUT2D eigenvalue weighted by molar-refractivity contribution is 5.93. The van der Waals surface area contributed by atoms with Crippen LogP contribution in [0.1, 0.15) is 37.7 Å². The fraction of sp³-hybridized carbons (Fsp3) is 0.440. The van der Waals surface area contributed by atoms with Crippen molar-refractivity contribution in [2.24, 2.45) is 5.92 Å². The van der Waals surface area contributed by atoms with Crippen LogP contribution >= 0.6 is 0 Å². The van der Waals surface area contributed by atoms with Crippen LogP contribution in [-0.2, 0) is 11.3 Å². The summed E-state index contributed by atoms with van der Waals surface area (Å²) >= 11 is 0. The number of carbonyl (C=O) groups excluding carboxylic acids is 1. The molecule has 0 spiro atoms. The number of halogens is 3. The number of rotatable bonds is 5. The van der Waals surface area contributed by atoms with E-state index in [2.05, 4.69) is 20.2 Å². The minimum absolute atomic E-state index is 0.00972. The molecule has 3 aromatic rings. The first-order valence-electron chi connectivity index (χ1n) is 12.0. The number of alkyl halides is 2. The molecular weight excluding hydrogens is 475 g/mol. The molecule has 1 amide bonds. The maximum Gasteiger partial charge on any atom is 0.329 e. The molecule has 1 aliphatic carbocycles. The van der Waals surface area contributed by atoms with E-state index in [0.29, 0.717) is 48.8 Å². The quantitative estimate of drug-likeness (QED) is 0.524. The van der Waals surface area contributed by atoms with Gasteiger partial charge < -0.3 is 5.32 Å². The van der Waals surface area contributed by atoms with Crippen LogP contribution in [0.25, 0.3) is 10.9 Å². The van der Waals surface area contributed by atoms with Crippen molar-refractivity contribution < 1.29 is 18.0 Å².